The minimum absolute atomic E-state index is 0.458. The zero-order chi connectivity index (χ0) is 11.8. The van der Waals surface area contributed by atoms with Crippen molar-refractivity contribution in [1.82, 2.24) is 10.2 Å². The molecule has 2 fully saturated rings. The lowest BCUT2D eigenvalue weighted by atomic mass is 9.70. The Kier molecular flexibility index (Phi) is 3.60. The fourth-order valence-corrected chi connectivity index (χ4v) is 3.72. The van der Waals surface area contributed by atoms with Crippen LogP contribution in [-0.2, 0) is 0 Å². The van der Waals surface area contributed by atoms with E-state index in [2.05, 4.69) is 38.0 Å². The van der Waals surface area contributed by atoms with Gasteiger partial charge < -0.3 is 5.32 Å². The van der Waals surface area contributed by atoms with Gasteiger partial charge in [0.2, 0.25) is 0 Å². The standard InChI is InChI=1S/C14H28N2/c1-5-16(11-8-9-11)12-7-6-10-14(2,3)13(12)15-4/h11-13,15H,5-10H2,1-4H3. The zero-order valence-corrected chi connectivity index (χ0v) is 11.4. The zero-order valence-electron chi connectivity index (χ0n) is 11.4. The average molecular weight is 224 g/mol. The molecule has 2 aliphatic rings. The first-order valence-corrected chi connectivity index (χ1v) is 7.03. The maximum absolute atomic E-state index is 3.60. The van der Waals surface area contributed by atoms with Crippen LogP contribution in [0, 0.1) is 5.41 Å². The molecule has 94 valence electrons. The van der Waals surface area contributed by atoms with Gasteiger partial charge in [-0.3, -0.25) is 4.90 Å². The van der Waals surface area contributed by atoms with Gasteiger partial charge in [0.05, 0.1) is 0 Å². The molecule has 2 heteroatoms. The summed E-state index contributed by atoms with van der Waals surface area (Å²) in [6.07, 6.45) is 7.03. The second-order valence-corrected chi connectivity index (χ2v) is 6.28. The Balaban J connectivity index is 2.10. The molecule has 0 saturated heterocycles. The molecule has 2 saturated carbocycles. The van der Waals surface area contributed by atoms with Crippen LogP contribution in [0.4, 0.5) is 0 Å². The normalized spacial score (nSPS) is 34.3. The molecule has 2 aliphatic carbocycles. The number of rotatable bonds is 4. The van der Waals surface area contributed by atoms with Crippen molar-refractivity contribution >= 4 is 0 Å². The molecule has 0 aromatic carbocycles. The summed E-state index contributed by atoms with van der Waals surface area (Å²) in [6, 6.07) is 2.34. The van der Waals surface area contributed by atoms with Gasteiger partial charge >= 0.3 is 0 Å². The topological polar surface area (TPSA) is 15.3 Å². The van der Waals surface area contributed by atoms with Crippen LogP contribution in [0.25, 0.3) is 0 Å². The molecule has 16 heavy (non-hydrogen) atoms. The Morgan fingerprint density at radius 2 is 1.94 bits per heavy atom. The largest absolute Gasteiger partial charge is 0.315 e. The lowest BCUT2D eigenvalue weighted by molar-refractivity contribution is 0.0503. The first-order chi connectivity index (χ1) is 7.60. The number of likely N-dealkylation sites (N-methyl/N-ethyl adjacent to an activating group) is 2. The van der Waals surface area contributed by atoms with Crippen molar-refractivity contribution in [2.24, 2.45) is 5.41 Å². The summed E-state index contributed by atoms with van der Waals surface area (Å²) >= 11 is 0. The highest BCUT2D eigenvalue weighted by Crippen LogP contribution is 2.40. The minimum Gasteiger partial charge on any atom is -0.315 e. The van der Waals surface area contributed by atoms with Crippen molar-refractivity contribution in [3.8, 4) is 0 Å². The molecule has 0 aliphatic heterocycles. The van der Waals surface area contributed by atoms with E-state index in [-0.39, 0.29) is 0 Å². The van der Waals surface area contributed by atoms with E-state index in [1.807, 2.05) is 0 Å². The molecule has 0 radical (unpaired) electrons. The van der Waals surface area contributed by atoms with E-state index in [0.717, 1.165) is 12.1 Å². The average Bonchev–Trinajstić information content (AvgIpc) is 3.02. The van der Waals surface area contributed by atoms with Crippen LogP contribution in [-0.4, -0.2) is 36.6 Å². The highest BCUT2D eigenvalue weighted by Gasteiger charge is 2.43. The lowest BCUT2D eigenvalue weighted by Crippen LogP contribution is -2.58. The van der Waals surface area contributed by atoms with E-state index in [4.69, 9.17) is 0 Å². The third-order valence-electron chi connectivity index (χ3n) is 4.67. The maximum atomic E-state index is 3.60. The van der Waals surface area contributed by atoms with Crippen molar-refractivity contribution in [3.05, 3.63) is 0 Å². The molecule has 0 amide bonds. The molecule has 0 bridgehead atoms. The Bertz CT molecular complexity index is 233. The van der Waals surface area contributed by atoms with Gasteiger partial charge in [0.1, 0.15) is 0 Å². The lowest BCUT2D eigenvalue weighted by Gasteiger charge is -2.48. The van der Waals surface area contributed by atoms with Gasteiger partial charge in [-0.15, -0.1) is 0 Å². The predicted molar refractivity (Wildman–Crippen MR) is 69.7 cm³/mol. The van der Waals surface area contributed by atoms with Crippen LogP contribution in [0.15, 0.2) is 0 Å². The Labute approximate surface area is 101 Å². The van der Waals surface area contributed by atoms with E-state index in [9.17, 15) is 0 Å². The smallest absolute Gasteiger partial charge is 0.0271 e. The van der Waals surface area contributed by atoms with Gasteiger partial charge in [0, 0.05) is 18.1 Å². The fraction of sp³-hybridized carbons (Fsp3) is 1.00. The molecular formula is C14H28N2. The Morgan fingerprint density at radius 1 is 1.25 bits per heavy atom. The summed E-state index contributed by atoms with van der Waals surface area (Å²) in [4.78, 5) is 2.77. The summed E-state index contributed by atoms with van der Waals surface area (Å²) < 4.78 is 0. The molecule has 2 unspecified atom stereocenters. The van der Waals surface area contributed by atoms with Crippen molar-refractivity contribution in [2.45, 2.75) is 71.0 Å². The third-order valence-corrected chi connectivity index (χ3v) is 4.67. The first kappa shape index (κ1) is 12.4. The second-order valence-electron chi connectivity index (χ2n) is 6.28. The number of hydrogen-bond donors (Lipinski definition) is 1. The van der Waals surface area contributed by atoms with Crippen LogP contribution in [0.3, 0.4) is 0 Å². The molecule has 0 spiro atoms. The third kappa shape index (κ3) is 2.28. The molecule has 1 N–H and O–H groups in total. The van der Waals surface area contributed by atoms with Crippen LogP contribution in [0.2, 0.25) is 0 Å². The van der Waals surface area contributed by atoms with E-state index >= 15 is 0 Å². The van der Waals surface area contributed by atoms with E-state index in [1.54, 1.807) is 0 Å². The van der Waals surface area contributed by atoms with Crippen LogP contribution >= 0.6 is 0 Å². The van der Waals surface area contributed by atoms with Crippen molar-refractivity contribution in [2.75, 3.05) is 13.6 Å². The SMILES string of the molecule is CCN(C1CC1)C1CCCC(C)(C)C1NC. The van der Waals surface area contributed by atoms with Crippen LogP contribution in [0.5, 0.6) is 0 Å². The number of nitrogens with one attached hydrogen (secondary N) is 1. The molecular weight excluding hydrogens is 196 g/mol. The summed E-state index contributed by atoms with van der Waals surface area (Å²) in [5, 5.41) is 3.60. The fourth-order valence-electron chi connectivity index (χ4n) is 3.72. The summed E-state index contributed by atoms with van der Waals surface area (Å²) in [6.45, 7) is 8.42. The summed E-state index contributed by atoms with van der Waals surface area (Å²) in [7, 11) is 2.14. The van der Waals surface area contributed by atoms with Crippen molar-refractivity contribution < 1.29 is 0 Å². The van der Waals surface area contributed by atoms with Gasteiger partial charge in [0.15, 0.2) is 0 Å². The Morgan fingerprint density at radius 3 is 2.44 bits per heavy atom. The maximum Gasteiger partial charge on any atom is 0.0271 e. The number of nitrogens with zero attached hydrogens (tertiary/aromatic N) is 1. The Hall–Kier alpha value is -0.0800. The van der Waals surface area contributed by atoms with Crippen molar-refractivity contribution in [1.29, 1.82) is 0 Å². The highest BCUT2D eigenvalue weighted by atomic mass is 15.2. The molecule has 2 rings (SSSR count). The number of hydrogen-bond acceptors (Lipinski definition) is 2. The van der Waals surface area contributed by atoms with Gasteiger partial charge in [-0.25, -0.2) is 0 Å². The summed E-state index contributed by atoms with van der Waals surface area (Å²) in [5.74, 6) is 0. The van der Waals surface area contributed by atoms with E-state index in [1.165, 1.54) is 38.6 Å². The van der Waals surface area contributed by atoms with Crippen LogP contribution in [0.1, 0.15) is 52.9 Å². The monoisotopic (exact) mass is 224 g/mol. The second kappa shape index (κ2) is 4.66. The predicted octanol–water partition coefficient (Wildman–Crippen LogP) is 2.64. The summed E-state index contributed by atoms with van der Waals surface area (Å²) in [5.41, 5.74) is 0.458. The minimum atomic E-state index is 0.458. The van der Waals surface area contributed by atoms with Crippen LogP contribution < -0.4 is 5.32 Å². The van der Waals surface area contributed by atoms with Gasteiger partial charge in [-0.2, -0.15) is 0 Å². The molecule has 0 aromatic heterocycles. The molecule has 2 atom stereocenters. The van der Waals surface area contributed by atoms with Gasteiger partial charge in [0.25, 0.3) is 0 Å². The van der Waals surface area contributed by atoms with E-state index < -0.39 is 0 Å². The van der Waals surface area contributed by atoms with Gasteiger partial charge in [-0.05, 0) is 44.7 Å². The van der Waals surface area contributed by atoms with Crippen molar-refractivity contribution in [3.63, 3.8) is 0 Å². The van der Waals surface area contributed by atoms with E-state index in [0.29, 0.717) is 11.5 Å². The molecule has 2 nitrogen and oxygen atoms in total. The van der Waals surface area contributed by atoms with Gasteiger partial charge in [-0.1, -0.05) is 27.2 Å². The quantitative estimate of drug-likeness (QED) is 0.790. The molecule has 0 heterocycles. The highest BCUT2D eigenvalue weighted by molar-refractivity contribution is 5.00. The first-order valence-electron chi connectivity index (χ1n) is 7.03. The molecule has 0 aromatic rings.